The van der Waals surface area contributed by atoms with E-state index in [4.69, 9.17) is 0 Å². The van der Waals surface area contributed by atoms with E-state index in [1.807, 2.05) is 0 Å². The number of nitro groups is 1. The van der Waals surface area contributed by atoms with Crippen molar-refractivity contribution in [1.29, 1.82) is 0 Å². The first-order valence-corrected chi connectivity index (χ1v) is 5.32. The molecule has 0 spiro atoms. The third-order valence-electron chi connectivity index (χ3n) is 2.37. The third kappa shape index (κ3) is 2.82. The quantitative estimate of drug-likeness (QED) is 0.651. The van der Waals surface area contributed by atoms with E-state index in [0.717, 1.165) is 6.07 Å². The molecule has 0 aliphatic rings. The monoisotopic (exact) mass is 250 g/mol. The van der Waals surface area contributed by atoms with Gasteiger partial charge in [0.05, 0.1) is 17.5 Å². The van der Waals surface area contributed by atoms with Crippen LogP contribution in [0.25, 0.3) is 0 Å². The fraction of sp³-hybridized carbons (Fsp3) is 0.182. The molecule has 0 aliphatic carbocycles. The molecule has 1 aromatic heterocycles. The molecule has 1 N–H and O–H groups in total. The molecule has 7 heteroatoms. The van der Waals surface area contributed by atoms with E-state index < -0.39 is 10.7 Å². The zero-order valence-corrected chi connectivity index (χ0v) is 9.41. The third-order valence-corrected chi connectivity index (χ3v) is 2.37. The summed E-state index contributed by atoms with van der Waals surface area (Å²) in [5.74, 6) is -0.626. The summed E-state index contributed by atoms with van der Waals surface area (Å²) in [6.45, 7) is 1.04. The second-order valence-electron chi connectivity index (χ2n) is 3.61. The number of nitro benzene ring substituents is 1. The SMILES string of the molecule is O=[N+]([O-])c1cc(F)ccc1NCCn1cccn1. The first kappa shape index (κ1) is 12.0. The van der Waals surface area contributed by atoms with Crippen molar-refractivity contribution in [3.05, 3.63) is 52.6 Å². The molecular weight excluding hydrogens is 239 g/mol. The molecule has 18 heavy (non-hydrogen) atoms. The van der Waals surface area contributed by atoms with Crippen LogP contribution in [0.15, 0.2) is 36.7 Å². The fourth-order valence-corrected chi connectivity index (χ4v) is 1.54. The first-order valence-electron chi connectivity index (χ1n) is 5.32. The van der Waals surface area contributed by atoms with Gasteiger partial charge in [-0.3, -0.25) is 14.8 Å². The second-order valence-corrected chi connectivity index (χ2v) is 3.61. The second kappa shape index (κ2) is 5.26. The molecule has 0 saturated carbocycles. The van der Waals surface area contributed by atoms with Crippen LogP contribution >= 0.6 is 0 Å². The number of halogens is 1. The molecule has 2 rings (SSSR count). The summed E-state index contributed by atoms with van der Waals surface area (Å²) in [4.78, 5) is 10.1. The maximum absolute atomic E-state index is 12.9. The lowest BCUT2D eigenvalue weighted by Crippen LogP contribution is -2.11. The van der Waals surface area contributed by atoms with Gasteiger partial charge in [0, 0.05) is 18.9 Å². The van der Waals surface area contributed by atoms with E-state index in [2.05, 4.69) is 10.4 Å². The number of hydrogen-bond donors (Lipinski definition) is 1. The van der Waals surface area contributed by atoms with Gasteiger partial charge in [0.25, 0.3) is 5.69 Å². The van der Waals surface area contributed by atoms with Crippen LogP contribution in [-0.2, 0) is 6.54 Å². The summed E-state index contributed by atoms with van der Waals surface area (Å²) in [5.41, 5.74) is 0.0315. The summed E-state index contributed by atoms with van der Waals surface area (Å²) in [5, 5.41) is 17.6. The van der Waals surface area contributed by atoms with E-state index in [1.54, 1.807) is 23.1 Å². The summed E-state index contributed by atoms with van der Waals surface area (Å²) < 4.78 is 14.6. The zero-order chi connectivity index (χ0) is 13.0. The molecular formula is C11H11FN4O2. The van der Waals surface area contributed by atoms with Gasteiger partial charge >= 0.3 is 0 Å². The highest BCUT2D eigenvalue weighted by Gasteiger charge is 2.14. The average Bonchev–Trinajstić information content (AvgIpc) is 2.84. The topological polar surface area (TPSA) is 73.0 Å². The predicted octanol–water partition coefficient (Wildman–Crippen LogP) is 2.04. The molecule has 94 valence electrons. The Morgan fingerprint density at radius 3 is 3.00 bits per heavy atom. The van der Waals surface area contributed by atoms with Crippen LogP contribution in [0.2, 0.25) is 0 Å². The number of benzene rings is 1. The van der Waals surface area contributed by atoms with Gasteiger partial charge < -0.3 is 5.32 Å². The maximum atomic E-state index is 12.9. The molecule has 0 saturated heterocycles. The molecule has 6 nitrogen and oxygen atoms in total. The summed E-state index contributed by atoms with van der Waals surface area (Å²) in [6.07, 6.45) is 3.45. The van der Waals surface area contributed by atoms with Gasteiger partial charge in [0.1, 0.15) is 11.5 Å². The Bertz CT molecular complexity index is 542. The smallest absolute Gasteiger partial charge is 0.295 e. The Balaban J connectivity index is 2.02. The molecule has 1 aromatic carbocycles. The van der Waals surface area contributed by atoms with Gasteiger partial charge in [-0.1, -0.05) is 0 Å². The Hall–Kier alpha value is -2.44. The number of nitrogens with zero attached hydrogens (tertiary/aromatic N) is 3. The summed E-state index contributed by atoms with van der Waals surface area (Å²) in [6, 6.07) is 5.23. The number of anilines is 1. The molecule has 0 fully saturated rings. The van der Waals surface area contributed by atoms with Gasteiger partial charge in [-0.2, -0.15) is 5.10 Å². The molecule has 0 radical (unpaired) electrons. The van der Waals surface area contributed by atoms with Gasteiger partial charge in [0.15, 0.2) is 0 Å². The Morgan fingerprint density at radius 2 is 2.33 bits per heavy atom. The number of nitrogens with one attached hydrogen (secondary N) is 1. The van der Waals surface area contributed by atoms with E-state index >= 15 is 0 Å². The number of hydrogen-bond acceptors (Lipinski definition) is 4. The van der Waals surface area contributed by atoms with E-state index in [-0.39, 0.29) is 5.69 Å². The van der Waals surface area contributed by atoms with Crippen molar-refractivity contribution >= 4 is 11.4 Å². The van der Waals surface area contributed by atoms with Crippen molar-refractivity contribution < 1.29 is 9.31 Å². The van der Waals surface area contributed by atoms with Crippen molar-refractivity contribution in [1.82, 2.24) is 9.78 Å². The van der Waals surface area contributed by atoms with Gasteiger partial charge in [0.2, 0.25) is 0 Å². The normalized spacial score (nSPS) is 10.3. The highest BCUT2D eigenvalue weighted by Crippen LogP contribution is 2.24. The van der Waals surface area contributed by atoms with Crippen molar-refractivity contribution in [3.8, 4) is 0 Å². The average molecular weight is 250 g/mol. The Labute approximate surface area is 102 Å². The van der Waals surface area contributed by atoms with Gasteiger partial charge in [-0.05, 0) is 18.2 Å². The van der Waals surface area contributed by atoms with E-state index in [1.165, 1.54) is 12.1 Å². The highest BCUT2D eigenvalue weighted by molar-refractivity contribution is 5.61. The summed E-state index contributed by atoms with van der Waals surface area (Å²) >= 11 is 0. The fourth-order valence-electron chi connectivity index (χ4n) is 1.54. The standard InChI is InChI=1S/C11H11FN4O2/c12-9-2-3-10(11(8-9)16(17)18)13-5-7-15-6-1-4-14-15/h1-4,6,8,13H,5,7H2. The molecule has 0 unspecified atom stereocenters. The van der Waals surface area contributed by atoms with Gasteiger partial charge in [-0.15, -0.1) is 0 Å². The van der Waals surface area contributed by atoms with Crippen LogP contribution in [0, 0.1) is 15.9 Å². The lowest BCUT2D eigenvalue weighted by molar-refractivity contribution is -0.384. The number of aromatic nitrogens is 2. The van der Waals surface area contributed by atoms with E-state index in [9.17, 15) is 14.5 Å². The number of rotatable bonds is 5. The molecule has 0 amide bonds. The predicted molar refractivity (Wildman–Crippen MR) is 63.8 cm³/mol. The van der Waals surface area contributed by atoms with Crippen molar-refractivity contribution in [2.45, 2.75) is 6.54 Å². The Kier molecular flexibility index (Phi) is 3.52. The molecule has 0 atom stereocenters. The summed E-state index contributed by atoms with van der Waals surface area (Å²) in [7, 11) is 0. The first-order chi connectivity index (χ1) is 8.66. The molecule has 0 bridgehead atoms. The lowest BCUT2D eigenvalue weighted by atomic mass is 10.2. The van der Waals surface area contributed by atoms with Crippen molar-refractivity contribution in [2.75, 3.05) is 11.9 Å². The van der Waals surface area contributed by atoms with Crippen molar-refractivity contribution in [3.63, 3.8) is 0 Å². The van der Waals surface area contributed by atoms with Crippen LogP contribution in [0.4, 0.5) is 15.8 Å². The minimum atomic E-state index is -0.626. The van der Waals surface area contributed by atoms with Crippen LogP contribution in [0.1, 0.15) is 0 Å². The zero-order valence-electron chi connectivity index (χ0n) is 9.41. The Morgan fingerprint density at radius 1 is 1.50 bits per heavy atom. The van der Waals surface area contributed by atoms with Gasteiger partial charge in [-0.25, -0.2) is 4.39 Å². The minimum absolute atomic E-state index is 0.268. The molecule has 2 aromatic rings. The van der Waals surface area contributed by atoms with Crippen molar-refractivity contribution in [2.24, 2.45) is 0 Å². The van der Waals surface area contributed by atoms with Crippen LogP contribution in [0.3, 0.4) is 0 Å². The highest BCUT2D eigenvalue weighted by atomic mass is 19.1. The minimum Gasteiger partial charge on any atom is -0.378 e. The lowest BCUT2D eigenvalue weighted by Gasteiger charge is -2.07. The maximum Gasteiger partial charge on any atom is 0.295 e. The van der Waals surface area contributed by atoms with Crippen LogP contribution < -0.4 is 5.32 Å². The molecule has 1 heterocycles. The largest absolute Gasteiger partial charge is 0.378 e. The van der Waals surface area contributed by atoms with Crippen LogP contribution in [-0.4, -0.2) is 21.2 Å². The van der Waals surface area contributed by atoms with Crippen LogP contribution in [0.5, 0.6) is 0 Å². The van der Waals surface area contributed by atoms with E-state index in [0.29, 0.717) is 18.8 Å². The molecule has 0 aliphatic heterocycles.